The molecule has 0 aromatic rings. The van der Waals surface area contributed by atoms with Crippen LogP contribution in [-0.2, 0) is 23.7 Å². The van der Waals surface area contributed by atoms with Gasteiger partial charge in [0.25, 0.3) is 0 Å². The molecule has 0 amide bonds. The lowest BCUT2D eigenvalue weighted by Gasteiger charge is -2.39. The lowest BCUT2D eigenvalue weighted by Crippen LogP contribution is -2.59. The second-order valence-electron chi connectivity index (χ2n) is 12.3. The lowest BCUT2D eigenvalue weighted by atomic mass is 9.99. The van der Waals surface area contributed by atoms with Gasteiger partial charge in [-0.15, -0.1) is 0 Å². The van der Waals surface area contributed by atoms with Gasteiger partial charge in [0.05, 0.1) is 19.8 Å². The summed E-state index contributed by atoms with van der Waals surface area (Å²) in [5.41, 5.74) is 0. The largest absolute Gasteiger partial charge is 0.457 e. The maximum atomic E-state index is 12.4. The van der Waals surface area contributed by atoms with Crippen LogP contribution in [0.15, 0.2) is 24.3 Å². The number of ether oxygens (including phenoxy) is 4. The van der Waals surface area contributed by atoms with Crippen molar-refractivity contribution in [1.29, 1.82) is 0 Å². The van der Waals surface area contributed by atoms with Gasteiger partial charge in [0.15, 0.2) is 6.29 Å². The molecule has 1 saturated heterocycles. The summed E-state index contributed by atoms with van der Waals surface area (Å²) in [6.07, 6.45) is 22.6. The minimum atomic E-state index is -1.53. The van der Waals surface area contributed by atoms with E-state index in [1.165, 1.54) is 70.6 Å². The lowest BCUT2D eigenvalue weighted by molar-refractivity contribution is -0.305. The predicted octanol–water partition coefficient (Wildman–Crippen LogP) is 6.30. The highest BCUT2D eigenvalue weighted by molar-refractivity contribution is 5.69. The van der Waals surface area contributed by atoms with Crippen molar-refractivity contribution >= 4 is 5.97 Å². The van der Waals surface area contributed by atoms with Crippen LogP contribution in [-0.4, -0.2) is 89.6 Å². The zero-order chi connectivity index (χ0) is 33.0. The zero-order valence-corrected chi connectivity index (χ0v) is 28.4. The van der Waals surface area contributed by atoms with Gasteiger partial charge in [0, 0.05) is 13.0 Å². The first-order valence-electron chi connectivity index (χ1n) is 17.9. The molecule has 6 unspecified atom stereocenters. The molecule has 0 radical (unpaired) electrons. The average molecular weight is 643 g/mol. The molecule has 0 saturated carbocycles. The predicted molar refractivity (Wildman–Crippen MR) is 178 cm³/mol. The number of hydrogen-bond acceptors (Lipinski definition) is 9. The molecule has 0 bridgehead atoms. The molecule has 1 aliphatic heterocycles. The number of unbranched alkanes of at least 4 members (excludes halogenated alkanes) is 14. The van der Waals surface area contributed by atoms with Gasteiger partial charge in [-0.25, -0.2) is 0 Å². The van der Waals surface area contributed by atoms with Crippen molar-refractivity contribution in [3.05, 3.63) is 24.3 Å². The third-order valence-corrected chi connectivity index (χ3v) is 8.12. The van der Waals surface area contributed by atoms with Gasteiger partial charge >= 0.3 is 5.97 Å². The minimum absolute atomic E-state index is 0.116. The average Bonchev–Trinajstić information content (AvgIpc) is 3.04. The first kappa shape index (κ1) is 41.7. The third kappa shape index (κ3) is 21.2. The van der Waals surface area contributed by atoms with Crippen molar-refractivity contribution in [2.24, 2.45) is 0 Å². The van der Waals surface area contributed by atoms with Crippen molar-refractivity contribution in [3.63, 3.8) is 0 Å². The highest BCUT2D eigenvalue weighted by Crippen LogP contribution is 2.22. The van der Waals surface area contributed by atoms with Gasteiger partial charge in [0.2, 0.25) is 0 Å². The zero-order valence-electron chi connectivity index (χ0n) is 28.4. The highest BCUT2D eigenvalue weighted by Gasteiger charge is 2.44. The summed E-state index contributed by atoms with van der Waals surface area (Å²) in [5, 5.41) is 39.7. The van der Waals surface area contributed by atoms with Crippen molar-refractivity contribution in [3.8, 4) is 0 Å². The van der Waals surface area contributed by atoms with Gasteiger partial charge in [-0.2, -0.15) is 0 Å². The molecule has 4 N–H and O–H groups in total. The number of esters is 1. The van der Waals surface area contributed by atoms with Crippen molar-refractivity contribution in [2.45, 2.75) is 173 Å². The maximum absolute atomic E-state index is 12.4. The van der Waals surface area contributed by atoms with Crippen molar-refractivity contribution in [2.75, 3.05) is 26.4 Å². The molecule has 1 aliphatic rings. The Kier molecular flexibility index (Phi) is 26.7. The first-order chi connectivity index (χ1) is 21.9. The van der Waals surface area contributed by atoms with E-state index in [2.05, 4.69) is 38.2 Å². The summed E-state index contributed by atoms with van der Waals surface area (Å²) in [7, 11) is 0. The van der Waals surface area contributed by atoms with Crippen LogP contribution in [0.5, 0.6) is 0 Å². The molecule has 45 heavy (non-hydrogen) atoms. The van der Waals surface area contributed by atoms with Crippen LogP contribution in [0.4, 0.5) is 0 Å². The van der Waals surface area contributed by atoms with Crippen LogP contribution in [0, 0.1) is 0 Å². The second-order valence-corrected chi connectivity index (χ2v) is 12.3. The Hall–Kier alpha value is -1.33. The molecule has 0 aromatic carbocycles. The summed E-state index contributed by atoms with van der Waals surface area (Å²) in [5.74, 6) is -0.335. The standard InChI is InChI=1S/C36H66O9/c1-3-5-7-9-10-11-12-13-14-15-16-17-18-19-20-21-22-24-26-42-28-30(44-32(38)25-23-8-6-4-2)29-43-36-35(41)34(40)33(39)31(27-37)45-36/h10-11,13-14,30-31,33-37,39-41H,3-9,12,15-29H2,1-2H3/b11-10-,14-13-. The molecule has 9 heteroatoms. The minimum Gasteiger partial charge on any atom is -0.457 e. The summed E-state index contributed by atoms with van der Waals surface area (Å²) in [4.78, 5) is 12.4. The van der Waals surface area contributed by atoms with E-state index < -0.39 is 43.4 Å². The van der Waals surface area contributed by atoms with Crippen LogP contribution in [0.25, 0.3) is 0 Å². The van der Waals surface area contributed by atoms with Gasteiger partial charge in [-0.1, -0.05) is 109 Å². The fourth-order valence-electron chi connectivity index (χ4n) is 5.23. The highest BCUT2D eigenvalue weighted by atomic mass is 16.7. The number of carbonyl (C=O) groups excluding carboxylic acids is 1. The molecule has 264 valence electrons. The Labute approximate surface area is 273 Å². The van der Waals surface area contributed by atoms with Crippen LogP contribution >= 0.6 is 0 Å². The monoisotopic (exact) mass is 642 g/mol. The summed E-state index contributed by atoms with van der Waals surface area (Å²) in [6, 6.07) is 0. The van der Waals surface area contributed by atoms with E-state index in [-0.39, 0.29) is 19.2 Å². The Morgan fingerprint density at radius 2 is 1.29 bits per heavy atom. The summed E-state index contributed by atoms with van der Waals surface area (Å²) < 4.78 is 22.5. The second kappa shape index (κ2) is 28.9. The van der Waals surface area contributed by atoms with Gasteiger partial charge < -0.3 is 39.4 Å². The van der Waals surface area contributed by atoms with Crippen molar-refractivity contribution < 1.29 is 44.2 Å². The fourth-order valence-corrected chi connectivity index (χ4v) is 5.23. The number of carbonyl (C=O) groups is 1. The molecular formula is C36H66O9. The number of aliphatic hydroxyl groups is 4. The molecule has 0 aromatic heterocycles. The van der Waals surface area contributed by atoms with E-state index >= 15 is 0 Å². The van der Waals surface area contributed by atoms with E-state index in [9.17, 15) is 25.2 Å². The van der Waals surface area contributed by atoms with Crippen LogP contribution in [0.2, 0.25) is 0 Å². The quantitative estimate of drug-likeness (QED) is 0.0421. The first-order valence-corrected chi connectivity index (χ1v) is 17.9. The molecule has 9 nitrogen and oxygen atoms in total. The Bertz CT molecular complexity index is 742. The Balaban J connectivity index is 2.21. The number of aliphatic hydroxyl groups excluding tert-OH is 4. The van der Waals surface area contributed by atoms with Crippen LogP contribution in [0.1, 0.15) is 136 Å². The molecule has 1 heterocycles. The Morgan fingerprint density at radius 1 is 0.711 bits per heavy atom. The molecule has 0 spiro atoms. The summed E-state index contributed by atoms with van der Waals surface area (Å²) >= 11 is 0. The molecule has 1 rings (SSSR count). The maximum Gasteiger partial charge on any atom is 0.306 e. The molecule has 1 fully saturated rings. The summed E-state index contributed by atoms with van der Waals surface area (Å²) in [6.45, 7) is 4.38. The molecule has 0 aliphatic carbocycles. The smallest absolute Gasteiger partial charge is 0.306 e. The van der Waals surface area contributed by atoms with E-state index in [1.54, 1.807) is 0 Å². The normalized spacial score (nSPS) is 22.8. The van der Waals surface area contributed by atoms with Crippen LogP contribution < -0.4 is 0 Å². The fraction of sp³-hybridized carbons (Fsp3) is 0.861. The van der Waals surface area contributed by atoms with Crippen LogP contribution in [0.3, 0.4) is 0 Å². The van der Waals surface area contributed by atoms with Gasteiger partial charge in [0.1, 0.15) is 30.5 Å². The SMILES string of the molecule is CCCCC/C=C\C/C=C\CCCCCCCCCCOCC(COC1OC(CO)C(O)C(O)C1O)OC(=O)CCCCCC. The topological polar surface area (TPSA) is 135 Å². The van der Waals surface area contributed by atoms with E-state index in [4.69, 9.17) is 18.9 Å². The molecular weight excluding hydrogens is 576 g/mol. The molecule has 6 atom stereocenters. The van der Waals surface area contributed by atoms with E-state index in [1.807, 2.05) is 0 Å². The van der Waals surface area contributed by atoms with Crippen molar-refractivity contribution in [1.82, 2.24) is 0 Å². The number of rotatable bonds is 29. The number of allylic oxidation sites excluding steroid dienone is 4. The Morgan fingerprint density at radius 3 is 1.93 bits per heavy atom. The van der Waals surface area contributed by atoms with E-state index in [0.717, 1.165) is 44.9 Å². The third-order valence-electron chi connectivity index (χ3n) is 8.12. The number of hydrogen-bond donors (Lipinski definition) is 4. The van der Waals surface area contributed by atoms with E-state index in [0.29, 0.717) is 13.0 Å². The van der Waals surface area contributed by atoms with Gasteiger partial charge in [-0.05, 0) is 44.9 Å². The van der Waals surface area contributed by atoms with Gasteiger partial charge in [-0.3, -0.25) is 4.79 Å².